The maximum Gasteiger partial charge on any atom is 0.166 e. The van der Waals surface area contributed by atoms with Crippen molar-refractivity contribution in [1.82, 2.24) is 20.4 Å². The number of nitrogens with zero attached hydrogens (tertiary/aromatic N) is 2. The smallest absolute Gasteiger partial charge is 0.166 e. The summed E-state index contributed by atoms with van der Waals surface area (Å²) in [7, 11) is 1.78. The molecule has 0 atom stereocenters. The summed E-state index contributed by atoms with van der Waals surface area (Å²) < 4.78 is 1.76. The van der Waals surface area contributed by atoms with Crippen LogP contribution in [0, 0.1) is 0 Å². The van der Waals surface area contributed by atoms with E-state index >= 15 is 0 Å². The zero-order chi connectivity index (χ0) is 9.68. The molecule has 1 aromatic rings. The molecule has 0 saturated heterocycles. The highest BCUT2D eigenvalue weighted by Crippen LogP contribution is 2.03. The first kappa shape index (κ1) is 10.3. The van der Waals surface area contributed by atoms with E-state index < -0.39 is 0 Å². The molecule has 1 aromatic heterocycles. The van der Waals surface area contributed by atoms with E-state index in [-0.39, 0.29) is 0 Å². The third-order valence-electron chi connectivity index (χ3n) is 1.46. The Morgan fingerprint density at radius 3 is 3.08 bits per heavy atom. The van der Waals surface area contributed by atoms with Crippen LogP contribution in [0.5, 0.6) is 0 Å². The molecule has 2 N–H and O–H groups in total. The van der Waals surface area contributed by atoms with Gasteiger partial charge >= 0.3 is 0 Å². The Labute approximate surface area is 87.3 Å². The lowest BCUT2D eigenvalue weighted by Crippen LogP contribution is -2.34. The Balaban J connectivity index is 2.24. The van der Waals surface area contributed by atoms with Gasteiger partial charge in [0.05, 0.1) is 17.8 Å². The fourth-order valence-corrected chi connectivity index (χ4v) is 1.09. The third-order valence-corrected chi connectivity index (χ3v) is 2.00. The van der Waals surface area contributed by atoms with Crippen molar-refractivity contribution in [2.45, 2.75) is 6.54 Å². The van der Waals surface area contributed by atoms with E-state index in [2.05, 4.69) is 15.7 Å². The van der Waals surface area contributed by atoms with E-state index in [1.165, 1.54) is 0 Å². The summed E-state index contributed by atoms with van der Waals surface area (Å²) in [6.45, 7) is 1.48. The molecule has 13 heavy (non-hydrogen) atoms. The zero-order valence-corrected chi connectivity index (χ0v) is 8.82. The summed E-state index contributed by atoms with van der Waals surface area (Å²) >= 11 is 10.6. The molecule has 72 valence electrons. The van der Waals surface area contributed by atoms with Crippen molar-refractivity contribution < 1.29 is 0 Å². The quantitative estimate of drug-likeness (QED) is 0.731. The van der Waals surface area contributed by atoms with Gasteiger partial charge in [-0.25, -0.2) is 0 Å². The number of aromatic nitrogens is 2. The first-order chi connectivity index (χ1) is 6.22. The zero-order valence-electron chi connectivity index (χ0n) is 7.25. The molecule has 0 aliphatic rings. The van der Waals surface area contributed by atoms with Crippen LogP contribution < -0.4 is 10.6 Å². The van der Waals surface area contributed by atoms with Crippen molar-refractivity contribution in [3.8, 4) is 0 Å². The third kappa shape index (κ3) is 3.61. The molecule has 0 spiro atoms. The fourth-order valence-electron chi connectivity index (χ4n) is 0.833. The maximum atomic E-state index is 5.69. The van der Waals surface area contributed by atoms with Crippen LogP contribution in [0.15, 0.2) is 12.4 Å². The van der Waals surface area contributed by atoms with Crippen LogP contribution in [-0.2, 0) is 6.54 Å². The van der Waals surface area contributed by atoms with Gasteiger partial charge < -0.3 is 10.6 Å². The lowest BCUT2D eigenvalue weighted by molar-refractivity contribution is 0.602. The molecule has 4 nitrogen and oxygen atoms in total. The molecule has 0 amide bonds. The molecule has 0 aliphatic heterocycles. The van der Waals surface area contributed by atoms with E-state index in [4.69, 9.17) is 23.8 Å². The topological polar surface area (TPSA) is 41.9 Å². The Bertz CT molecular complexity index is 286. The van der Waals surface area contributed by atoms with E-state index in [0.717, 1.165) is 13.1 Å². The number of halogens is 1. The molecule has 6 heteroatoms. The van der Waals surface area contributed by atoms with Gasteiger partial charge in [-0.1, -0.05) is 11.6 Å². The number of thiocarbonyl (C=S) groups is 1. The van der Waals surface area contributed by atoms with Crippen molar-refractivity contribution in [1.29, 1.82) is 0 Å². The standard InChI is InChI=1S/C7H11ClN4S/c1-9-7(13)10-2-3-12-5-6(8)4-11-12/h4-5H,2-3H2,1H3,(H2,9,10,13). The second-order valence-corrected chi connectivity index (χ2v) is 3.27. The van der Waals surface area contributed by atoms with E-state index in [0.29, 0.717) is 10.1 Å². The van der Waals surface area contributed by atoms with Gasteiger partial charge in [0.2, 0.25) is 0 Å². The molecule has 1 rings (SSSR count). The number of hydrogen-bond donors (Lipinski definition) is 2. The van der Waals surface area contributed by atoms with Crippen LogP contribution in [0.1, 0.15) is 0 Å². The van der Waals surface area contributed by atoms with Gasteiger partial charge in [-0.2, -0.15) is 5.10 Å². The van der Waals surface area contributed by atoms with Crippen molar-refractivity contribution in [3.63, 3.8) is 0 Å². The summed E-state index contributed by atoms with van der Waals surface area (Å²) in [5, 5.41) is 11.1. The molecule has 0 aromatic carbocycles. The average Bonchev–Trinajstić information content (AvgIpc) is 2.51. The molecule has 0 radical (unpaired) electrons. The second kappa shape index (κ2) is 5.04. The van der Waals surface area contributed by atoms with Crippen LogP contribution in [0.25, 0.3) is 0 Å². The molecule has 0 fully saturated rings. The lowest BCUT2D eigenvalue weighted by atomic mass is 10.6. The normalized spacial score (nSPS) is 9.69. The minimum atomic E-state index is 0.637. The van der Waals surface area contributed by atoms with E-state index in [9.17, 15) is 0 Å². The highest BCUT2D eigenvalue weighted by molar-refractivity contribution is 7.80. The fraction of sp³-hybridized carbons (Fsp3) is 0.429. The summed E-state index contributed by atoms with van der Waals surface area (Å²) in [6, 6.07) is 0. The second-order valence-electron chi connectivity index (χ2n) is 2.43. The first-order valence-electron chi connectivity index (χ1n) is 3.86. The van der Waals surface area contributed by atoms with Gasteiger partial charge in [-0.3, -0.25) is 4.68 Å². The minimum Gasteiger partial charge on any atom is -0.366 e. The van der Waals surface area contributed by atoms with Crippen molar-refractivity contribution in [2.75, 3.05) is 13.6 Å². The van der Waals surface area contributed by atoms with Gasteiger partial charge in [0.15, 0.2) is 5.11 Å². The molecule has 0 bridgehead atoms. The van der Waals surface area contributed by atoms with Crippen molar-refractivity contribution in [2.24, 2.45) is 0 Å². The molecule has 1 heterocycles. The molecular weight excluding hydrogens is 208 g/mol. The van der Waals surface area contributed by atoms with Gasteiger partial charge in [0, 0.05) is 19.8 Å². The largest absolute Gasteiger partial charge is 0.366 e. The monoisotopic (exact) mass is 218 g/mol. The van der Waals surface area contributed by atoms with E-state index in [1.54, 1.807) is 24.1 Å². The highest BCUT2D eigenvalue weighted by atomic mass is 35.5. The van der Waals surface area contributed by atoms with Gasteiger partial charge in [0.25, 0.3) is 0 Å². The van der Waals surface area contributed by atoms with Gasteiger partial charge in [-0.05, 0) is 12.2 Å². The maximum absolute atomic E-state index is 5.69. The molecule has 0 saturated carbocycles. The minimum absolute atomic E-state index is 0.637. The van der Waals surface area contributed by atoms with Crippen LogP contribution >= 0.6 is 23.8 Å². The molecule has 0 unspecified atom stereocenters. The highest BCUT2D eigenvalue weighted by Gasteiger charge is 1.95. The Morgan fingerprint density at radius 1 is 1.77 bits per heavy atom. The first-order valence-corrected chi connectivity index (χ1v) is 4.64. The van der Waals surface area contributed by atoms with Gasteiger partial charge in [0.1, 0.15) is 0 Å². The molecular formula is C7H11ClN4S. The average molecular weight is 219 g/mol. The Kier molecular flexibility index (Phi) is 3.98. The lowest BCUT2D eigenvalue weighted by Gasteiger charge is -2.06. The Morgan fingerprint density at radius 2 is 2.54 bits per heavy atom. The summed E-state index contributed by atoms with van der Waals surface area (Å²) in [4.78, 5) is 0. The Hall–Kier alpha value is -0.810. The number of rotatable bonds is 3. The van der Waals surface area contributed by atoms with Gasteiger partial charge in [-0.15, -0.1) is 0 Å². The summed E-state index contributed by atoms with van der Waals surface area (Å²) in [5.41, 5.74) is 0. The van der Waals surface area contributed by atoms with Crippen molar-refractivity contribution in [3.05, 3.63) is 17.4 Å². The number of hydrogen-bond acceptors (Lipinski definition) is 2. The van der Waals surface area contributed by atoms with Crippen LogP contribution in [0.3, 0.4) is 0 Å². The van der Waals surface area contributed by atoms with Crippen molar-refractivity contribution >= 4 is 28.9 Å². The SMILES string of the molecule is CNC(=S)NCCn1cc(Cl)cn1. The summed E-state index contributed by atoms with van der Waals surface area (Å²) in [5.74, 6) is 0. The molecule has 0 aliphatic carbocycles. The van der Waals surface area contributed by atoms with Crippen LogP contribution in [0.4, 0.5) is 0 Å². The van der Waals surface area contributed by atoms with E-state index in [1.807, 2.05) is 0 Å². The predicted octanol–water partition coefficient (Wildman–Crippen LogP) is 0.630. The van der Waals surface area contributed by atoms with Crippen LogP contribution in [0.2, 0.25) is 5.02 Å². The number of nitrogens with one attached hydrogen (secondary N) is 2. The predicted molar refractivity (Wildman–Crippen MR) is 56.9 cm³/mol. The van der Waals surface area contributed by atoms with Crippen LogP contribution in [-0.4, -0.2) is 28.5 Å². The summed E-state index contributed by atoms with van der Waals surface area (Å²) in [6.07, 6.45) is 3.38.